The number of carbonyl (C=O) groups excluding carboxylic acids is 1. The predicted molar refractivity (Wildman–Crippen MR) is 104 cm³/mol. The fourth-order valence-electron chi connectivity index (χ4n) is 2.34. The minimum Gasteiger partial charge on any atom is -0.484 e. The molecule has 0 spiro atoms. The number of nitriles is 1. The summed E-state index contributed by atoms with van der Waals surface area (Å²) in [5.41, 5.74) is 3.04. The van der Waals surface area contributed by atoms with Gasteiger partial charge in [0.2, 0.25) is 0 Å². The van der Waals surface area contributed by atoms with Crippen LogP contribution in [-0.4, -0.2) is 17.5 Å². The largest absolute Gasteiger partial charge is 0.484 e. The van der Waals surface area contributed by atoms with Crippen LogP contribution in [-0.2, 0) is 4.79 Å². The van der Waals surface area contributed by atoms with E-state index in [1.54, 1.807) is 36.5 Å². The lowest BCUT2D eigenvalue weighted by molar-refractivity contribution is -0.118. The number of nitrogens with zero attached hydrogens (tertiary/aromatic N) is 2. The molecule has 1 heterocycles. The molecule has 3 rings (SSSR count). The number of hydrogen-bond donors (Lipinski definition) is 2. The van der Waals surface area contributed by atoms with E-state index in [4.69, 9.17) is 10.00 Å². The first-order valence-corrected chi connectivity index (χ1v) is 8.35. The molecular formula is C21H18N4O2. The average Bonchev–Trinajstić information content (AvgIpc) is 2.69. The van der Waals surface area contributed by atoms with Crippen LogP contribution in [0.25, 0.3) is 0 Å². The molecule has 1 amide bonds. The number of ether oxygens (including phenoxy) is 1. The second-order valence-electron chi connectivity index (χ2n) is 5.90. The van der Waals surface area contributed by atoms with Crippen LogP contribution in [0.1, 0.15) is 11.1 Å². The van der Waals surface area contributed by atoms with Gasteiger partial charge in [-0.1, -0.05) is 23.8 Å². The third-order valence-electron chi connectivity index (χ3n) is 3.70. The van der Waals surface area contributed by atoms with Gasteiger partial charge in [-0.25, -0.2) is 4.98 Å². The first kappa shape index (κ1) is 18.0. The van der Waals surface area contributed by atoms with Gasteiger partial charge in [-0.2, -0.15) is 5.26 Å². The van der Waals surface area contributed by atoms with E-state index in [0.29, 0.717) is 22.8 Å². The molecule has 2 aromatic carbocycles. The van der Waals surface area contributed by atoms with Crippen molar-refractivity contribution in [3.05, 3.63) is 78.0 Å². The number of pyridine rings is 1. The number of benzene rings is 2. The number of anilines is 3. The molecule has 0 aliphatic heterocycles. The normalized spacial score (nSPS) is 9.93. The van der Waals surface area contributed by atoms with E-state index in [2.05, 4.69) is 21.7 Å². The van der Waals surface area contributed by atoms with E-state index in [1.165, 1.54) is 0 Å². The van der Waals surface area contributed by atoms with E-state index in [-0.39, 0.29) is 12.5 Å². The molecule has 3 aromatic rings. The first-order chi connectivity index (χ1) is 13.1. The lowest BCUT2D eigenvalue weighted by atomic mass is 10.2. The fraction of sp³-hybridized carbons (Fsp3) is 0.0952. The highest BCUT2D eigenvalue weighted by atomic mass is 16.5. The Labute approximate surface area is 157 Å². The Balaban J connectivity index is 1.53. The SMILES string of the molecule is Cc1ccc(OCC(=O)Nc2ccc(Nc3cccc(C#N)c3)nc2)cc1. The number of nitrogens with one attached hydrogen (secondary N) is 2. The summed E-state index contributed by atoms with van der Waals surface area (Å²) in [6.07, 6.45) is 1.56. The van der Waals surface area contributed by atoms with Crippen molar-refractivity contribution in [3.63, 3.8) is 0 Å². The van der Waals surface area contributed by atoms with Crippen LogP contribution in [0.3, 0.4) is 0 Å². The lowest BCUT2D eigenvalue weighted by Gasteiger charge is -2.09. The molecule has 0 saturated heterocycles. The highest BCUT2D eigenvalue weighted by molar-refractivity contribution is 5.91. The molecule has 0 unspecified atom stereocenters. The number of hydrogen-bond acceptors (Lipinski definition) is 5. The summed E-state index contributed by atoms with van der Waals surface area (Å²) in [5.74, 6) is 0.992. The van der Waals surface area contributed by atoms with Crippen LogP contribution in [0.2, 0.25) is 0 Å². The van der Waals surface area contributed by atoms with Crippen LogP contribution in [0.4, 0.5) is 17.2 Å². The van der Waals surface area contributed by atoms with E-state index >= 15 is 0 Å². The molecule has 0 aliphatic rings. The van der Waals surface area contributed by atoms with Crippen LogP contribution in [0.15, 0.2) is 66.9 Å². The van der Waals surface area contributed by atoms with Gasteiger partial charge >= 0.3 is 0 Å². The highest BCUT2D eigenvalue weighted by Crippen LogP contribution is 2.17. The van der Waals surface area contributed by atoms with Gasteiger partial charge in [-0.15, -0.1) is 0 Å². The Morgan fingerprint density at radius 1 is 1.11 bits per heavy atom. The standard InChI is InChI=1S/C21H18N4O2/c1-15-5-8-19(9-6-15)27-14-21(26)25-18-7-10-20(23-13-18)24-17-4-2-3-16(11-17)12-22/h2-11,13H,14H2,1H3,(H,23,24)(H,25,26). The zero-order valence-electron chi connectivity index (χ0n) is 14.8. The van der Waals surface area contributed by atoms with Crippen LogP contribution < -0.4 is 15.4 Å². The number of rotatable bonds is 6. The maximum absolute atomic E-state index is 12.0. The number of carbonyl (C=O) groups is 1. The van der Waals surface area contributed by atoms with Crippen molar-refractivity contribution in [1.29, 1.82) is 5.26 Å². The van der Waals surface area contributed by atoms with Gasteiger partial charge in [-0.3, -0.25) is 4.79 Å². The van der Waals surface area contributed by atoms with Gasteiger partial charge in [0.05, 0.1) is 23.5 Å². The van der Waals surface area contributed by atoms with Crippen molar-refractivity contribution in [1.82, 2.24) is 4.98 Å². The smallest absolute Gasteiger partial charge is 0.262 e. The van der Waals surface area contributed by atoms with Crippen molar-refractivity contribution in [2.45, 2.75) is 6.92 Å². The zero-order valence-corrected chi connectivity index (χ0v) is 14.8. The summed E-state index contributed by atoms with van der Waals surface area (Å²) in [7, 11) is 0. The highest BCUT2D eigenvalue weighted by Gasteiger charge is 2.05. The second kappa shape index (κ2) is 8.50. The van der Waals surface area contributed by atoms with Gasteiger partial charge in [0.25, 0.3) is 5.91 Å². The maximum Gasteiger partial charge on any atom is 0.262 e. The number of aromatic nitrogens is 1. The van der Waals surface area contributed by atoms with Crippen LogP contribution in [0.5, 0.6) is 5.75 Å². The number of amides is 1. The van der Waals surface area contributed by atoms with E-state index < -0.39 is 0 Å². The van der Waals surface area contributed by atoms with Gasteiger partial charge < -0.3 is 15.4 Å². The third kappa shape index (κ3) is 5.31. The summed E-state index contributed by atoms with van der Waals surface area (Å²) in [5, 5.41) is 14.8. The average molecular weight is 358 g/mol. The molecule has 0 fully saturated rings. The molecule has 2 N–H and O–H groups in total. The molecule has 6 heteroatoms. The van der Waals surface area contributed by atoms with E-state index in [9.17, 15) is 4.79 Å². The Hall–Kier alpha value is -3.85. The summed E-state index contributed by atoms with van der Waals surface area (Å²) in [6.45, 7) is 1.91. The molecule has 0 bridgehead atoms. The molecule has 1 aromatic heterocycles. The van der Waals surface area contributed by atoms with E-state index in [1.807, 2.05) is 37.3 Å². The van der Waals surface area contributed by atoms with Gasteiger partial charge in [-0.05, 0) is 49.4 Å². The van der Waals surface area contributed by atoms with Crippen molar-refractivity contribution < 1.29 is 9.53 Å². The Morgan fingerprint density at radius 3 is 2.63 bits per heavy atom. The minimum absolute atomic E-state index is 0.0794. The Bertz CT molecular complexity index is 961. The predicted octanol–water partition coefficient (Wildman–Crippen LogP) is 4.02. The Kier molecular flexibility index (Phi) is 5.65. The fourth-order valence-corrected chi connectivity index (χ4v) is 2.34. The monoisotopic (exact) mass is 358 g/mol. The van der Waals surface area contributed by atoms with Crippen LogP contribution >= 0.6 is 0 Å². The minimum atomic E-state index is -0.264. The molecule has 134 valence electrons. The summed E-state index contributed by atoms with van der Waals surface area (Å²) < 4.78 is 5.45. The molecular weight excluding hydrogens is 340 g/mol. The van der Waals surface area contributed by atoms with Crippen molar-refractivity contribution in [3.8, 4) is 11.8 Å². The lowest BCUT2D eigenvalue weighted by Crippen LogP contribution is -2.20. The molecule has 0 saturated carbocycles. The van der Waals surface area contributed by atoms with Crippen molar-refractivity contribution >= 4 is 23.1 Å². The van der Waals surface area contributed by atoms with Gasteiger partial charge in [0.15, 0.2) is 6.61 Å². The quantitative estimate of drug-likeness (QED) is 0.695. The summed E-state index contributed by atoms with van der Waals surface area (Å²) >= 11 is 0. The molecule has 27 heavy (non-hydrogen) atoms. The summed E-state index contributed by atoms with van der Waals surface area (Å²) in [6, 6.07) is 20.2. The van der Waals surface area contributed by atoms with Gasteiger partial charge in [0, 0.05) is 5.69 Å². The van der Waals surface area contributed by atoms with Crippen LogP contribution in [0, 0.1) is 18.3 Å². The zero-order chi connectivity index (χ0) is 19.1. The first-order valence-electron chi connectivity index (χ1n) is 8.35. The summed E-state index contributed by atoms with van der Waals surface area (Å²) in [4.78, 5) is 16.3. The second-order valence-corrected chi connectivity index (χ2v) is 5.90. The maximum atomic E-state index is 12.0. The molecule has 6 nitrogen and oxygen atoms in total. The number of aryl methyl sites for hydroxylation is 1. The molecule has 0 aliphatic carbocycles. The third-order valence-corrected chi connectivity index (χ3v) is 3.70. The van der Waals surface area contributed by atoms with Crippen molar-refractivity contribution in [2.24, 2.45) is 0 Å². The Morgan fingerprint density at radius 2 is 1.93 bits per heavy atom. The van der Waals surface area contributed by atoms with Gasteiger partial charge in [0.1, 0.15) is 11.6 Å². The topological polar surface area (TPSA) is 87.0 Å². The van der Waals surface area contributed by atoms with Crippen molar-refractivity contribution in [2.75, 3.05) is 17.2 Å². The van der Waals surface area contributed by atoms with E-state index in [0.717, 1.165) is 11.3 Å². The molecule has 0 atom stereocenters. The molecule has 0 radical (unpaired) electrons.